The van der Waals surface area contributed by atoms with Crippen molar-refractivity contribution in [2.24, 2.45) is 0 Å². The van der Waals surface area contributed by atoms with E-state index in [4.69, 9.17) is 0 Å². The third kappa shape index (κ3) is 3.26. The number of carbonyl (C=O) groups is 1. The smallest absolute Gasteiger partial charge is 0.223 e. The molecule has 0 atom stereocenters. The fourth-order valence-corrected chi connectivity index (χ4v) is 2.59. The van der Waals surface area contributed by atoms with Gasteiger partial charge in [0.1, 0.15) is 0 Å². The summed E-state index contributed by atoms with van der Waals surface area (Å²) in [5, 5.41) is 0.787. The third-order valence-corrected chi connectivity index (χ3v) is 3.38. The van der Waals surface area contributed by atoms with E-state index >= 15 is 0 Å². The van der Waals surface area contributed by atoms with Crippen LogP contribution in [0.3, 0.4) is 0 Å². The van der Waals surface area contributed by atoms with Gasteiger partial charge in [-0.05, 0) is 19.8 Å². The first-order valence-electron chi connectivity index (χ1n) is 5.65. The van der Waals surface area contributed by atoms with Gasteiger partial charge in [-0.25, -0.2) is 0 Å². The molecule has 0 heterocycles. The van der Waals surface area contributed by atoms with E-state index in [1.807, 2.05) is 0 Å². The lowest BCUT2D eigenvalue weighted by Gasteiger charge is -2.33. The molecule has 0 spiro atoms. The molecule has 0 aromatic rings. The number of carbonyl (C=O) groups excluding carboxylic acids is 1. The van der Waals surface area contributed by atoms with Gasteiger partial charge in [-0.1, -0.05) is 35.2 Å². The van der Waals surface area contributed by atoms with Crippen molar-refractivity contribution in [3.63, 3.8) is 0 Å². The molecule has 1 aliphatic carbocycles. The molecule has 2 nitrogen and oxygen atoms in total. The Morgan fingerprint density at radius 3 is 2.50 bits per heavy atom. The van der Waals surface area contributed by atoms with Crippen LogP contribution < -0.4 is 0 Å². The maximum absolute atomic E-state index is 11.8. The number of hydrogen-bond donors (Lipinski definition) is 0. The predicted molar refractivity (Wildman–Crippen MR) is 62.7 cm³/mol. The maximum Gasteiger partial charge on any atom is 0.223 e. The molecular weight excluding hydrogens is 242 g/mol. The summed E-state index contributed by atoms with van der Waals surface area (Å²) < 4.78 is 0. The van der Waals surface area contributed by atoms with Gasteiger partial charge >= 0.3 is 0 Å². The lowest BCUT2D eigenvalue weighted by molar-refractivity contribution is -0.133. The first-order valence-corrected chi connectivity index (χ1v) is 6.77. The van der Waals surface area contributed by atoms with Crippen LogP contribution in [0.1, 0.15) is 45.4 Å². The van der Waals surface area contributed by atoms with Gasteiger partial charge in [-0.2, -0.15) is 0 Å². The van der Waals surface area contributed by atoms with E-state index < -0.39 is 0 Å². The molecule has 1 amide bonds. The molecule has 1 fully saturated rings. The lowest BCUT2D eigenvalue weighted by Crippen LogP contribution is -2.41. The van der Waals surface area contributed by atoms with Crippen molar-refractivity contribution in [3.8, 4) is 0 Å². The van der Waals surface area contributed by atoms with Crippen molar-refractivity contribution >= 4 is 21.8 Å². The summed E-state index contributed by atoms with van der Waals surface area (Å²) >= 11 is 3.32. The van der Waals surface area contributed by atoms with Crippen molar-refractivity contribution in [2.45, 2.75) is 51.5 Å². The first kappa shape index (κ1) is 12.0. The van der Waals surface area contributed by atoms with Crippen molar-refractivity contribution in [1.82, 2.24) is 4.90 Å². The highest BCUT2D eigenvalue weighted by molar-refractivity contribution is 9.09. The molecular formula is C11H20BrNO. The Morgan fingerprint density at radius 2 is 2.00 bits per heavy atom. The molecule has 1 aliphatic rings. The van der Waals surface area contributed by atoms with Gasteiger partial charge in [0.05, 0.1) is 0 Å². The van der Waals surface area contributed by atoms with Crippen LogP contribution in [-0.2, 0) is 4.79 Å². The highest BCUT2D eigenvalue weighted by atomic mass is 79.9. The Hall–Kier alpha value is -0.0500. The Balaban J connectivity index is 2.46. The van der Waals surface area contributed by atoms with Crippen LogP contribution in [0.2, 0.25) is 0 Å². The van der Waals surface area contributed by atoms with Gasteiger partial charge < -0.3 is 4.90 Å². The summed E-state index contributed by atoms with van der Waals surface area (Å²) in [4.78, 5) is 13.8. The topological polar surface area (TPSA) is 20.3 Å². The largest absolute Gasteiger partial charge is 0.340 e. The van der Waals surface area contributed by atoms with Gasteiger partial charge in [-0.15, -0.1) is 0 Å². The van der Waals surface area contributed by atoms with E-state index in [1.165, 1.54) is 32.1 Å². The molecule has 0 radical (unpaired) electrons. The molecule has 0 aromatic carbocycles. The number of rotatable bonds is 4. The van der Waals surface area contributed by atoms with Gasteiger partial charge in [0, 0.05) is 24.3 Å². The molecule has 3 heteroatoms. The second kappa shape index (κ2) is 6.44. The Kier molecular flexibility index (Phi) is 5.53. The maximum atomic E-state index is 11.8. The van der Waals surface area contributed by atoms with Crippen LogP contribution >= 0.6 is 15.9 Å². The standard InChI is InChI=1S/C11H20BrNO/c1-2-13(11(14)8-9-12)10-6-4-3-5-7-10/h10H,2-9H2,1H3. The summed E-state index contributed by atoms with van der Waals surface area (Å²) in [5.74, 6) is 0.316. The molecule has 0 saturated heterocycles. The molecule has 0 N–H and O–H groups in total. The Bertz CT molecular complexity index is 178. The van der Waals surface area contributed by atoms with E-state index in [9.17, 15) is 4.79 Å². The van der Waals surface area contributed by atoms with E-state index in [1.54, 1.807) is 0 Å². The van der Waals surface area contributed by atoms with E-state index in [0.717, 1.165) is 11.9 Å². The van der Waals surface area contributed by atoms with Crippen LogP contribution in [0, 0.1) is 0 Å². The van der Waals surface area contributed by atoms with E-state index in [-0.39, 0.29) is 0 Å². The SMILES string of the molecule is CCN(C(=O)CCBr)C1CCCCC1. The van der Waals surface area contributed by atoms with E-state index in [2.05, 4.69) is 27.8 Å². The van der Waals surface area contributed by atoms with Crippen molar-refractivity contribution in [3.05, 3.63) is 0 Å². The Labute approximate surface area is 95.2 Å². The minimum atomic E-state index is 0.316. The molecule has 1 rings (SSSR count). The van der Waals surface area contributed by atoms with E-state index in [0.29, 0.717) is 18.4 Å². The zero-order valence-electron chi connectivity index (χ0n) is 8.97. The zero-order chi connectivity index (χ0) is 10.4. The fourth-order valence-electron chi connectivity index (χ4n) is 2.26. The van der Waals surface area contributed by atoms with Gasteiger partial charge in [0.15, 0.2) is 0 Å². The number of halogens is 1. The molecule has 14 heavy (non-hydrogen) atoms. The quantitative estimate of drug-likeness (QED) is 0.713. The highest BCUT2D eigenvalue weighted by Crippen LogP contribution is 2.22. The van der Waals surface area contributed by atoms with Crippen LogP contribution in [0.15, 0.2) is 0 Å². The predicted octanol–water partition coefficient (Wildman–Crippen LogP) is 2.95. The van der Waals surface area contributed by atoms with Crippen LogP contribution in [-0.4, -0.2) is 28.7 Å². The minimum absolute atomic E-state index is 0.316. The summed E-state index contributed by atoms with van der Waals surface area (Å²) in [5.41, 5.74) is 0. The number of nitrogens with zero attached hydrogens (tertiary/aromatic N) is 1. The van der Waals surface area contributed by atoms with Crippen molar-refractivity contribution < 1.29 is 4.79 Å². The van der Waals surface area contributed by atoms with Gasteiger partial charge in [-0.3, -0.25) is 4.79 Å². The average Bonchev–Trinajstić information content (AvgIpc) is 2.21. The second-order valence-electron chi connectivity index (χ2n) is 3.91. The van der Waals surface area contributed by atoms with Crippen LogP contribution in [0.4, 0.5) is 0 Å². The summed E-state index contributed by atoms with van der Waals surface area (Å²) in [6.45, 7) is 2.96. The summed E-state index contributed by atoms with van der Waals surface area (Å²) in [7, 11) is 0. The number of hydrogen-bond acceptors (Lipinski definition) is 1. The fraction of sp³-hybridized carbons (Fsp3) is 0.909. The second-order valence-corrected chi connectivity index (χ2v) is 4.70. The zero-order valence-corrected chi connectivity index (χ0v) is 10.6. The van der Waals surface area contributed by atoms with Crippen LogP contribution in [0.5, 0.6) is 0 Å². The van der Waals surface area contributed by atoms with Crippen LogP contribution in [0.25, 0.3) is 0 Å². The minimum Gasteiger partial charge on any atom is -0.340 e. The monoisotopic (exact) mass is 261 g/mol. The lowest BCUT2D eigenvalue weighted by atomic mass is 9.94. The van der Waals surface area contributed by atoms with Gasteiger partial charge in [0.2, 0.25) is 5.91 Å². The summed E-state index contributed by atoms with van der Waals surface area (Å²) in [6.07, 6.45) is 7.00. The molecule has 1 saturated carbocycles. The molecule has 0 aromatic heterocycles. The molecule has 0 bridgehead atoms. The van der Waals surface area contributed by atoms with Gasteiger partial charge in [0.25, 0.3) is 0 Å². The number of amides is 1. The normalized spacial score (nSPS) is 18.1. The Morgan fingerprint density at radius 1 is 1.36 bits per heavy atom. The molecule has 0 unspecified atom stereocenters. The first-order chi connectivity index (χ1) is 6.79. The highest BCUT2D eigenvalue weighted by Gasteiger charge is 2.23. The average molecular weight is 262 g/mol. The molecule has 0 aliphatic heterocycles. The van der Waals surface area contributed by atoms with Crippen molar-refractivity contribution in [2.75, 3.05) is 11.9 Å². The number of alkyl halides is 1. The van der Waals surface area contributed by atoms with Crippen molar-refractivity contribution in [1.29, 1.82) is 0 Å². The third-order valence-electron chi connectivity index (χ3n) is 2.98. The summed E-state index contributed by atoms with van der Waals surface area (Å²) in [6, 6.07) is 0.528. The molecule has 82 valence electrons.